The topological polar surface area (TPSA) is 55.1 Å². The lowest BCUT2D eigenvalue weighted by atomic mass is 10.2. The van der Waals surface area contributed by atoms with E-state index in [9.17, 15) is 4.79 Å². The minimum atomic E-state index is -0.0158. The van der Waals surface area contributed by atoms with Gasteiger partial charge in [0.15, 0.2) is 0 Å². The van der Waals surface area contributed by atoms with E-state index in [1.54, 1.807) is 0 Å². The van der Waals surface area contributed by atoms with Crippen molar-refractivity contribution in [2.24, 2.45) is 0 Å². The molecule has 0 saturated carbocycles. The quantitative estimate of drug-likeness (QED) is 0.625. The molecule has 0 aromatic heterocycles. The van der Waals surface area contributed by atoms with E-state index >= 15 is 0 Å². The fourth-order valence-electron chi connectivity index (χ4n) is 1.90. The van der Waals surface area contributed by atoms with Crippen LogP contribution in [-0.4, -0.2) is 11.7 Å². The summed E-state index contributed by atoms with van der Waals surface area (Å²) in [7, 11) is 0. The Kier molecular flexibility index (Phi) is 5.31. The summed E-state index contributed by atoms with van der Waals surface area (Å²) in [6.45, 7) is 3.99. The SMILES string of the molecule is Cc1cc(NC(=O)CSc2ccc(N)cc2C)ccc1Br. The molecular weight excluding hydrogens is 348 g/mol. The zero-order chi connectivity index (χ0) is 15.4. The molecule has 0 heterocycles. The Labute approximate surface area is 137 Å². The van der Waals surface area contributed by atoms with Crippen LogP contribution in [0.5, 0.6) is 0 Å². The molecule has 21 heavy (non-hydrogen) atoms. The second kappa shape index (κ2) is 7.00. The number of nitrogens with two attached hydrogens (primary N) is 1. The third-order valence-electron chi connectivity index (χ3n) is 3.00. The third-order valence-corrected chi connectivity index (χ3v) is 5.06. The monoisotopic (exact) mass is 364 g/mol. The first-order valence-electron chi connectivity index (χ1n) is 6.50. The second-order valence-electron chi connectivity index (χ2n) is 4.83. The number of carbonyl (C=O) groups excluding carboxylic acids is 1. The lowest BCUT2D eigenvalue weighted by molar-refractivity contribution is -0.113. The zero-order valence-corrected chi connectivity index (χ0v) is 14.3. The molecule has 1 amide bonds. The zero-order valence-electron chi connectivity index (χ0n) is 11.9. The number of aryl methyl sites for hydroxylation is 2. The van der Waals surface area contributed by atoms with Gasteiger partial charge in [0.1, 0.15) is 0 Å². The number of anilines is 2. The van der Waals surface area contributed by atoms with Crippen LogP contribution in [-0.2, 0) is 4.79 Å². The van der Waals surface area contributed by atoms with Crippen LogP contribution in [0.3, 0.4) is 0 Å². The van der Waals surface area contributed by atoms with Crippen LogP contribution < -0.4 is 11.1 Å². The molecule has 3 N–H and O–H groups in total. The van der Waals surface area contributed by atoms with E-state index in [0.29, 0.717) is 5.75 Å². The lowest BCUT2D eigenvalue weighted by Crippen LogP contribution is -2.14. The van der Waals surface area contributed by atoms with Crippen molar-refractivity contribution in [1.29, 1.82) is 0 Å². The molecule has 0 aliphatic heterocycles. The second-order valence-corrected chi connectivity index (χ2v) is 6.70. The number of thioether (sulfide) groups is 1. The van der Waals surface area contributed by atoms with Crippen molar-refractivity contribution in [1.82, 2.24) is 0 Å². The Bertz CT molecular complexity index is 673. The lowest BCUT2D eigenvalue weighted by Gasteiger charge is -2.08. The number of halogens is 1. The summed E-state index contributed by atoms with van der Waals surface area (Å²) in [5.41, 5.74) is 9.46. The van der Waals surface area contributed by atoms with E-state index in [-0.39, 0.29) is 5.91 Å². The standard InChI is InChI=1S/C16H17BrN2OS/c1-10-8-13(4-5-14(10)17)19-16(20)9-21-15-6-3-12(18)7-11(15)2/h3-8H,9,18H2,1-2H3,(H,19,20). The third kappa shape index (κ3) is 4.51. The molecule has 0 saturated heterocycles. The molecule has 3 nitrogen and oxygen atoms in total. The van der Waals surface area contributed by atoms with Crippen molar-refractivity contribution in [3.8, 4) is 0 Å². The van der Waals surface area contributed by atoms with Crippen LogP contribution >= 0.6 is 27.7 Å². The predicted octanol–water partition coefficient (Wildman–Crippen LogP) is 4.38. The highest BCUT2D eigenvalue weighted by Crippen LogP contribution is 2.25. The molecule has 0 fully saturated rings. The van der Waals surface area contributed by atoms with E-state index < -0.39 is 0 Å². The van der Waals surface area contributed by atoms with Crippen molar-refractivity contribution in [3.63, 3.8) is 0 Å². The molecule has 0 unspecified atom stereocenters. The van der Waals surface area contributed by atoms with Gasteiger partial charge in [-0.25, -0.2) is 0 Å². The van der Waals surface area contributed by atoms with Gasteiger partial charge in [-0.05, 0) is 61.4 Å². The van der Waals surface area contributed by atoms with Gasteiger partial charge < -0.3 is 11.1 Å². The highest BCUT2D eigenvalue weighted by atomic mass is 79.9. The summed E-state index contributed by atoms with van der Waals surface area (Å²) in [5, 5.41) is 2.91. The van der Waals surface area contributed by atoms with Crippen molar-refractivity contribution >= 4 is 45.0 Å². The summed E-state index contributed by atoms with van der Waals surface area (Å²) in [5.74, 6) is 0.359. The molecule has 0 spiro atoms. The van der Waals surface area contributed by atoms with Gasteiger partial charge in [-0.1, -0.05) is 15.9 Å². The molecule has 0 aliphatic rings. The van der Waals surface area contributed by atoms with Crippen LogP contribution in [0.15, 0.2) is 45.8 Å². The van der Waals surface area contributed by atoms with E-state index in [0.717, 1.165) is 31.9 Å². The molecule has 2 rings (SSSR count). The maximum Gasteiger partial charge on any atom is 0.234 e. The first kappa shape index (κ1) is 15.9. The molecule has 0 radical (unpaired) electrons. The van der Waals surface area contributed by atoms with Crippen LogP contribution in [0.4, 0.5) is 11.4 Å². The molecule has 0 bridgehead atoms. The average Bonchev–Trinajstić information content (AvgIpc) is 2.42. The summed E-state index contributed by atoms with van der Waals surface area (Å²) < 4.78 is 1.03. The fraction of sp³-hybridized carbons (Fsp3) is 0.188. The van der Waals surface area contributed by atoms with Gasteiger partial charge in [-0.3, -0.25) is 4.79 Å². The number of nitrogen functional groups attached to an aromatic ring is 1. The van der Waals surface area contributed by atoms with Crippen LogP contribution in [0.1, 0.15) is 11.1 Å². The maximum absolute atomic E-state index is 12.0. The highest BCUT2D eigenvalue weighted by Gasteiger charge is 2.06. The van der Waals surface area contributed by atoms with Gasteiger partial charge in [0.05, 0.1) is 5.75 Å². The number of benzene rings is 2. The molecule has 0 aliphatic carbocycles. The largest absolute Gasteiger partial charge is 0.399 e. The van der Waals surface area contributed by atoms with Crippen molar-refractivity contribution in [3.05, 3.63) is 52.0 Å². The smallest absolute Gasteiger partial charge is 0.234 e. The average molecular weight is 365 g/mol. The Morgan fingerprint density at radius 1 is 1.19 bits per heavy atom. The Morgan fingerprint density at radius 2 is 1.95 bits per heavy atom. The van der Waals surface area contributed by atoms with Gasteiger partial charge in [-0.15, -0.1) is 11.8 Å². The summed E-state index contributed by atoms with van der Waals surface area (Å²) in [6, 6.07) is 11.5. The normalized spacial score (nSPS) is 10.4. The fourth-order valence-corrected chi connectivity index (χ4v) is 2.95. The Morgan fingerprint density at radius 3 is 2.62 bits per heavy atom. The number of amides is 1. The van der Waals surface area contributed by atoms with Crippen LogP contribution in [0, 0.1) is 13.8 Å². The van der Waals surface area contributed by atoms with E-state index in [4.69, 9.17) is 5.73 Å². The molecule has 2 aromatic rings. The number of rotatable bonds is 4. The molecular formula is C16H17BrN2OS. The van der Waals surface area contributed by atoms with Gasteiger partial charge in [-0.2, -0.15) is 0 Å². The number of hydrogen-bond acceptors (Lipinski definition) is 3. The highest BCUT2D eigenvalue weighted by molar-refractivity contribution is 9.10. The van der Waals surface area contributed by atoms with Gasteiger partial charge in [0.2, 0.25) is 5.91 Å². The van der Waals surface area contributed by atoms with Gasteiger partial charge in [0.25, 0.3) is 0 Å². The van der Waals surface area contributed by atoms with Crippen molar-refractivity contribution in [2.75, 3.05) is 16.8 Å². The molecule has 5 heteroatoms. The summed E-state index contributed by atoms with van der Waals surface area (Å²) in [6.07, 6.45) is 0. The minimum Gasteiger partial charge on any atom is -0.399 e. The van der Waals surface area contributed by atoms with Gasteiger partial charge in [0, 0.05) is 20.7 Å². The minimum absolute atomic E-state index is 0.0158. The number of carbonyl (C=O) groups is 1. The molecule has 0 atom stereocenters. The Hall–Kier alpha value is -1.46. The van der Waals surface area contributed by atoms with Crippen molar-refractivity contribution < 1.29 is 4.79 Å². The van der Waals surface area contributed by atoms with Crippen molar-refractivity contribution in [2.45, 2.75) is 18.7 Å². The summed E-state index contributed by atoms with van der Waals surface area (Å²) in [4.78, 5) is 13.1. The first-order valence-corrected chi connectivity index (χ1v) is 8.28. The van der Waals surface area contributed by atoms with Gasteiger partial charge >= 0.3 is 0 Å². The Balaban J connectivity index is 1.94. The van der Waals surface area contributed by atoms with Crippen LogP contribution in [0.2, 0.25) is 0 Å². The number of nitrogens with one attached hydrogen (secondary N) is 1. The predicted molar refractivity (Wildman–Crippen MR) is 93.8 cm³/mol. The van der Waals surface area contributed by atoms with Crippen LogP contribution in [0.25, 0.3) is 0 Å². The number of hydrogen-bond donors (Lipinski definition) is 2. The first-order chi connectivity index (χ1) is 9.95. The van der Waals surface area contributed by atoms with E-state index in [2.05, 4.69) is 21.2 Å². The maximum atomic E-state index is 12.0. The van der Waals surface area contributed by atoms with E-state index in [1.807, 2.05) is 50.2 Å². The molecule has 2 aromatic carbocycles. The van der Waals surface area contributed by atoms with E-state index in [1.165, 1.54) is 11.8 Å². The molecule has 110 valence electrons. The summed E-state index contributed by atoms with van der Waals surface area (Å²) >= 11 is 4.96.